The molecular weight excluding hydrogens is 196 g/mol. The highest BCUT2D eigenvalue weighted by Crippen LogP contribution is 2.18. The van der Waals surface area contributed by atoms with E-state index in [1.807, 2.05) is 11.6 Å². The monoisotopic (exact) mass is 214 g/mol. The third-order valence-electron chi connectivity index (χ3n) is 2.13. The van der Waals surface area contributed by atoms with Gasteiger partial charge in [-0.25, -0.2) is 4.98 Å². The van der Waals surface area contributed by atoms with Gasteiger partial charge in [0.05, 0.1) is 6.04 Å². The van der Waals surface area contributed by atoms with Crippen molar-refractivity contribution in [3.05, 3.63) is 16.6 Å². The highest BCUT2D eigenvalue weighted by molar-refractivity contribution is 7.09. The van der Waals surface area contributed by atoms with E-state index < -0.39 is 0 Å². The largest absolute Gasteiger partial charge is 0.396 e. The van der Waals surface area contributed by atoms with Crippen LogP contribution in [0.4, 0.5) is 0 Å². The van der Waals surface area contributed by atoms with E-state index in [9.17, 15) is 0 Å². The standard InChI is InChI=1S/C10H18N2OS/c1-2-9(10-12-6-8-14-10)11-5-3-4-7-13/h6,8-9,11,13H,2-5,7H2,1H3. The summed E-state index contributed by atoms with van der Waals surface area (Å²) in [5, 5.41) is 15.2. The highest BCUT2D eigenvalue weighted by atomic mass is 32.1. The molecule has 1 aromatic rings. The Hall–Kier alpha value is -0.450. The molecule has 0 amide bonds. The number of thiazole rings is 1. The van der Waals surface area contributed by atoms with Gasteiger partial charge in [-0.05, 0) is 25.8 Å². The number of rotatable bonds is 7. The molecule has 0 bridgehead atoms. The Morgan fingerprint density at radius 2 is 2.43 bits per heavy atom. The Bertz CT molecular complexity index is 226. The SMILES string of the molecule is CCC(NCCCCO)c1nccs1. The number of unbranched alkanes of at least 4 members (excludes halogenated alkanes) is 1. The van der Waals surface area contributed by atoms with Crippen molar-refractivity contribution >= 4 is 11.3 Å². The van der Waals surface area contributed by atoms with E-state index in [1.54, 1.807) is 11.3 Å². The second kappa shape index (κ2) is 6.92. The molecule has 0 fully saturated rings. The van der Waals surface area contributed by atoms with Crippen LogP contribution in [-0.4, -0.2) is 23.2 Å². The third-order valence-corrected chi connectivity index (χ3v) is 3.02. The lowest BCUT2D eigenvalue weighted by molar-refractivity contribution is 0.282. The summed E-state index contributed by atoms with van der Waals surface area (Å²) in [6.45, 7) is 3.40. The lowest BCUT2D eigenvalue weighted by Crippen LogP contribution is -2.21. The number of aliphatic hydroxyl groups is 1. The van der Waals surface area contributed by atoms with E-state index in [1.165, 1.54) is 0 Å². The molecule has 0 aliphatic heterocycles. The van der Waals surface area contributed by atoms with Crippen LogP contribution in [0.25, 0.3) is 0 Å². The number of nitrogens with one attached hydrogen (secondary N) is 1. The molecule has 2 N–H and O–H groups in total. The van der Waals surface area contributed by atoms with Gasteiger partial charge in [-0.3, -0.25) is 0 Å². The van der Waals surface area contributed by atoms with Gasteiger partial charge in [0.25, 0.3) is 0 Å². The molecule has 1 aromatic heterocycles. The van der Waals surface area contributed by atoms with Crippen LogP contribution in [0.1, 0.15) is 37.2 Å². The van der Waals surface area contributed by atoms with Gasteiger partial charge in [0.15, 0.2) is 0 Å². The van der Waals surface area contributed by atoms with Crippen molar-refractivity contribution in [3.8, 4) is 0 Å². The van der Waals surface area contributed by atoms with Gasteiger partial charge in [0.2, 0.25) is 0 Å². The van der Waals surface area contributed by atoms with Gasteiger partial charge >= 0.3 is 0 Å². The fraction of sp³-hybridized carbons (Fsp3) is 0.700. The fourth-order valence-corrected chi connectivity index (χ4v) is 2.12. The van der Waals surface area contributed by atoms with Crippen LogP contribution in [0.3, 0.4) is 0 Å². The predicted molar refractivity (Wildman–Crippen MR) is 59.5 cm³/mol. The number of hydrogen-bond acceptors (Lipinski definition) is 4. The van der Waals surface area contributed by atoms with E-state index in [0.29, 0.717) is 6.04 Å². The van der Waals surface area contributed by atoms with E-state index in [-0.39, 0.29) is 6.61 Å². The summed E-state index contributed by atoms with van der Waals surface area (Å²) in [5.74, 6) is 0. The summed E-state index contributed by atoms with van der Waals surface area (Å²) in [6.07, 6.45) is 4.81. The number of hydrogen-bond donors (Lipinski definition) is 2. The van der Waals surface area contributed by atoms with Crippen LogP contribution in [0.5, 0.6) is 0 Å². The smallest absolute Gasteiger partial charge is 0.109 e. The highest BCUT2D eigenvalue weighted by Gasteiger charge is 2.09. The van der Waals surface area contributed by atoms with Crippen LogP contribution in [0, 0.1) is 0 Å². The zero-order chi connectivity index (χ0) is 10.2. The van der Waals surface area contributed by atoms with Crippen molar-refractivity contribution in [2.75, 3.05) is 13.2 Å². The second-order valence-corrected chi connectivity index (χ2v) is 4.14. The summed E-state index contributed by atoms with van der Waals surface area (Å²) in [5.41, 5.74) is 0. The normalized spacial score (nSPS) is 13.0. The van der Waals surface area contributed by atoms with Gasteiger partial charge in [0.1, 0.15) is 5.01 Å². The molecule has 1 rings (SSSR count). The minimum atomic E-state index is 0.287. The van der Waals surface area contributed by atoms with E-state index in [2.05, 4.69) is 17.2 Å². The maximum Gasteiger partial charge on any atom is 0.109 e. The molecule has 0 radical (unpaired) electrons. The average Bonchev–Trinajstić information content (AvgIpc) is 2.71. The first-order valence-corrected chi connectivity index (χ1v) is 6.00. The number of nitrogens with zero attached hydrogens (tertiary/aromatic N) is 1. The van der Waals surface area contributed by atoms with Gasteiger partial charge in [-0.15, -0.1) is 11.3 Å². The van der Waals surface area contributed by atoms with E-state index >= 15 is 0 Å². The lowest BCUT2D eigenvalue weighted by Gasteiger charge is -2.13. The van der Waals surface area contributed by atoms with Crippen molar-refractivity contribution in [2.45, 2.75) is 32.2 Å². The molecule has 4 heteroatoms. The minimum Gasteiger partial charge on any atom is -0.396 e. The van der Waals surface area contributed by atoms with E-state index in [0.717, 1.165) is 30.8 Å². The van der Waals surface area contributed by atoms with Crippen LogP contribution < -0.4 is 5.32 Å². The summed E-state index contributed by atoms with van der Waals surface area (Å²) < 4.78 is 0. The predicted octanol–water partition coefficient (Wildman–Crippen LogP) is 1.96. The Labute approximate surface area is 89.2 Å². The van der Waals surface area contributed by atoms with Gasteiger partial charge in [-0.2, -0.15) is 0 Å². The molecule has 0 aromatic carbocycles. The quantitative estimate of drug-likeness (QED) is 0.682. The maximum absolute atomic E-state index is 8.63. The number of aromatic nitrogens is 1. The zero-order valence-corrected chi connectivity index (χ0v) is 9.39. The molecule has 0 aliphatic carbocycles. The molecule has 0 saturated carbocycles. The summed E-state index contributed by atoms with van der Waals surface area (Å²) >= 11 is 1.70. The second-order valence-electron chi connectivity index (χ2n) is 3.22. The fourth-order valence-electron chi connectivity index (χ4n) is 1.33. The molecule has 0 saturated heterocycles. The van der Waals surface area contributed by atoms with E-state index in [4.69, 9.17) is 5.11 Å². The van der Waals surface area contributed by atoms with Crippen LogP contribution >= 0.6 is 11.3 Å². The maximum atomic E-state index is 8.63. The van der Waals surface area contributed by atoms with Crippen LogP contribution in [0.2, 0.25) is 0 Å². The average molecular weight is 214 g/mol. The molecule has 1 atom stereocenters. The molecule has 0 aliphatic rings. The number of aliphatic hydroxyl groups excluding tert-OH is 1. The lowest BCUT2D eigenvalue weighted by atomic mass is 10.2. The first-order chi connectivity index (χ1) is 6.88. The van der Waals surface area contributed by atoms with Gasteiger partial charge in [-0.1, -0.05) is 6.92 Å². The molecule has 0 spiro atoms. The van der Waals surface area contributed by atoms with Crippen LogP contribution in [-0.2, 0) is 0 Å². The van der Waals surface area contributed by atoms with Crippen molar-refractivity contribution in [1.82, 2.24) is 10.3 Å². The summed E-state index contributed by atoms with van der Waals surface area (Å²) in [6, 6.07) is 0.383. The van der Waals surface area contributed by atoms with Gasteiger partial charge in [0, 0.05) is 18.2 Å². The van der Waals surface area contributed by atoms with Crippen molar-refractivity contribution in [2.24, 2.45) is 0 Å². The van der Waals surface area contributed by atoms with Gasteiger partial charge < -0.3 is 10.4 Å². The Balaban J connectivity index is 2.26. The van der Waals surface area contributed by atoms with Crippen molar-refractivity contribution in [3.63, 3.8) is 0 Å². The molecule has 3 nitrogen and oxygen atoms in total. The van der Waals surface area contributed by atoms with Crippen LogP contribution in [0.15, 0.2) is 11.6 Å². The molecule has 80 valence electrons. The summed E-state index contributed by atoms with van der Waals surface area (Å²) in [7, 11) is 0. The van der Waals surface area contributed by atoms with Crippen molar-refractivity contribution < 1.29 is 5.11 Å². The minimum absolute atomic E-state index is 0.287. The Morgan fingerprint density at radius 3 is 3.00 bits per heavy atom. The Morgan fingerprint density at radius 1 is 1.57 bits per heavy atom. The Kier molecular flexibility index (Phi) is 5.75. The first-order valence-electron chi connectivity index (χ1n) is 5.12. The molecule has 1 heterocycles. The topological polar surface area (TPSA) is 45.1 Å². The zero-order valence-electron chi connectivity index (χ0n) is 8.57. The first kappa shape index (κ1) is 11.6. The third kappa shape index (κ3) is 3.74. The molecule has 1 unspecified atom stereocenters. The van der Waals surface area contributed by atoms with Crippen molar-refractivity contribution in [1.29, 1.82) is 0 Å². The summed E-state index contributed by atoms with van der Waals surface area (Å²) in [4.78, 5) is 4.29. The molecule has 14 heavy (non-hydrogen) atoms. The molecular formula is C10H18N2OS.